The van der Waals surface area contributed by atoms with Crippen LogP contribution in [0.15, 0.2) is 54.9 Å². The van der Waals surface area contributed by atoms with Gasteiger partial charge in [0.2, 0.25) is 4.77 Å². The summed E-state index contributed by atoms with van der Waals surface area (Å²) in [5, 5.41) is 4.58. The number of rotatable bonds is 6. The van der Waals surface area contributed by atoms with E-state index in [0.717, 1.165) is 29.2 Å². The first-order valence-electron chi connectivity index (χ1n) is 9.84. The Balaban J connectivity index is 1.54. The summed E-state index contributed by atoms with van der Waals surface area (Å²) in [4.78, 5) is 2.46. The normalized spacial score (nSPS) is 17.1. The quantitative estimate of drug-likeness (QED) is 0.557. The number of likely N-dealkylation sites (tertiary alicyclic amines) is 1. The van der Waals surface area contributed by atoms with Gasteiger partial charge in [0.05, 0.1) is 19.0 Å². The van der Waals surface area contributed by atoms with Crippen LogP contribution in [-0.4, -0.2) is 32.4 Å². The lowest BCUT2D eigenvalue weighted by Crippen LogP contribution is -2.27. The highest BCUT2D eigenvalue weighted by Gasteiger charge is 2.26. The molecule has 0 spiro atoms. The minimum Gasteiger partial charge on any atom is -0.494 e. The van der Waals surface area contributed by atoms with Crippen molar-refractivity contribution in [1.82, 2.24) is 19.2 Å². The second-order valence-corrected chi connectivity index (χ2v) is 7.55. The standard InChI is InChI=1S/C22H26N4OS/c1-3-27-19-12-10-18(11-13-19)21-9-6-14-24(21)16-26-22(28)25(15-23-26)20-8-5-4-7-17(20)2/h4-5,7-8,10-13,15,21H,3,6,9,14,16H2,1-2H3/t21-/m0/s1. The Morgan fingerprint density at radius 3 is 2.68 bits per heavy atom. The molecule has 3 aromatic rings. The van der Waals surface area contributed by atoms with Crippen molar-refractivity contribution < 1.29 is 4.74 Å². The third kappa shape index (κ3) is 3.75. The highest BCUT2D eigenvalue weighted by Crippen LogP contribution is 2.33. The molecular formula is C22H26N4OS. The molecule has 0 amide bonds. The van der Waals surface area contributed by atoms with Crippen LogP contribution in [0.5, 0.6) is 5.75 Å². The van der Waals surface area contributed by atoms with E-state index in [1.165, 1.54) is 17.5 Å². The lowest BCUT2D eigenvalue weighted by molar-refractivity contribution is 0.190. The Morgan fingerprint density at radius 2 is 1.93 bits per heavy atom. The minimum atomic E-state index is 0.390. The second kappa shape index (κ2) is 8.29. The van der Waals surface area contributed by atoms with Gasteiger partial charge in [0.15, 0.2) is 0 Å². The molecule has 28 heavy (non-hydrogen) atoms. The average molecular weight is 395 g/mol. The fraction of sp³-hybridized carbons (Fsp3) is 0.364. The fourth-order valence-electron chi connectivity index (χ4n) is 3.93. The van der Waals surface area contributed by atoms with Crippen molar-refractivity contribution in [3.8, 4) is 11.4 Å². The highest BCUT2D eigenvalue weighted by atomic mass is 32.1. The maximum absolute atomic E-state index is 5.72. The van der Waals surface area contributed by atoms with Crippen molar-refractivity contribution in [3.05, 3.63) is 70.8 Å². The molecule has 5 nitrogen and oxygen atoms in total. The number of aryl methyl sites for hydroxylation is 1. The molecule has 0 unspecified atom stereocenters. The number of benzene rings is 2. The number of aromatic nitrogens is 3. The van der Waals surface area contributed by atoms with E-state index in [1.807, 2.05) is 34.6 Å². The topological polar surface area (TPSA) is 35.2 Å². The molecule has 4 rings (SSSR count). The first-order chi connectivity index (χ1) is 13.7. The van der Waals surface area contributed by atoms with Crippen molar-refractivity contribution >= 4 is 12.2 Å². The van der Waals surface area contributed by atoms with Gasteiger partial charge in [0.25, 0.3) is 0 Å². The number of ether oxygens (including phenoxy) is 1. The number of nitrogens with zero attached hydrogens (tertiary/aromatic N) is 4. The third-order valence-corrected chi connectivity index (χ3v) is 5.77. The van der Waals surface area contributed by atoms with E-state index >= 15 is 0 Å². The van der Waals surface area contributed by atoms with Gasteiger partial charge in [-0.05, 0) is 68.2 Å². The van der Waals surface area contributed by atoms with Crippen LogP contribution in [0.4, 0.5) is 0 Å². The van der Waals surface area contributed by atoms with E-state index in [0.29, 0.717) is 19.3 Å². The third-order valence-electron chi connectivity index (χ3n) is 5.36. The zero-order valence-electron chi connectivity index (χ0n) is 16.4. The van der Waals surface area contributed by atoms with Crippen molar-refractivity contribution in [2.75, 3.05) is 13.2 Å². The smallest absolute Gasteiger partial charge is 0.203 e. The zero-order chi connectivity index (χ0) is 19.5. The first kappa shape index (κ1) is 18.9. The summed E-state index contributed by atoms with van der Waals surface area (Å²) in [5.41, 5.74) is 3.60. The molecule has 1 aliphatic rings. The summed E-state index contributed by atoms with van der Waals surface area (Å²) >= 11 is 5.72. The van der Waals surface area contributed by atoms with E-state index in [9.17, 15) is 0 Å². The Kier molecular flexibility index (Phi) is 5.59. The van der Waals surface area contributed by atoms with Gasteiger partial charge in [-0.25, -0.2) is 4.68 Å². The molecule has 146 valence electrons. The van der Waals surface area contributed by atoms with E-state index in [1.54, 1.807) is 0 Å². The van der Waals surface area contributed by atoms with Gasteiger partial charge in [0, 0.05) is 12.6 Å². The first-order valence-corrected chi connectivity index (χ1v) is 10.3. The van der Waals surface area contributed by atoms with Gasteiger partial charge in [-0.15, -0.1) is 0 Å². The van der Waals surface area contributed by atoms with Crippen molar-refractivity contribution in [2.24, 2.45) is 0 Å². The van der Waals surface area contributed by atoms with Crippen LogP contribution in [0.25, 0.3) is 5.69 Å². The van der Waals surface area contributed by atoms with E-state index in [4.69, 9.17) is 17.0 Å². The van der Waals surface area contributed by atoms with Crippen molar-refractivity contribution in [2.45, 2.75) is 39.4 Å². The molecule has 0 radical (unpaired) electrons. The lowest BCUT2D eigenvalue weighted by Gasteiger charge is -2.24. The molecule has 1 saturated heterocycles. The second-order valence-electron chi connectivity index (χ2n) is 7.18. The molecule has 6 heteroatoms. The number of hydrogen-bond donors (Lipinski definition) is 0. The predicted octanol–water partition coefficient (Wildman–Crippen LogP) is 4.91. The summed E-state index contributed by atoms with van der Waals surface area (Å²) in [5.74, 6) is 0.926. The molecule has 0 bridgehead atoms. The minimum absolute atomic E-state index is 0.390. The molecular weight excluding hydrogens is 368 g/mol. The summed E-state index contributed by atoms with van der Waals surface area (Å²) in [6.07, 6.45) is 4.16. The summed E-state index contributed by atoms with van der Waals surface area (Å²) in [6.45, 7) is 6.55. The molecule has 0 saturated carbocycles. The molecule has 2 aromatic carbocycles. The molecule has 0 N–H and O–H groups in total. The van der Waals surface area contributed by atoms with Gasteiger partial charge >= 0.3 is 0 Å². The molecule has 1 aromatic heterocycles. The maximum Gasteiger partial charge on any atom is 0.203 e. The Bertz CT molecular complexity index is 992. The predicted molar refractivity (Wildman–Crippen MR) is 113 cm³/mol. The van der Waals surface area contributed by atoms with Crippen LogP contribution < -0.4 is 4.74 Å². The Hall–Kier alpha value is -2.44. The van der Waals surface area contributed by atoms with Gasteiger partial charge in [0.1, 0.15) is 12.1 Å². The Morgan fingerprint density at radius 1 is 1.14 bits per heavy atom. The van der Waals surface area contributed by atoms with Crippen LogP contribution in [0.3, 0.4) is 0 Å². The van der Waals surface area contributed by atoms with E-state index < -0.39 is 0 Å². The fourth-order valence-corrected chi connectivity index (χ4v) is 4.18. The molecule has 1 fully saturated rings. The van der Waals surface area contributed by atoms with Gasteiger partial charge in [-0.1, -0.05) is 30.3 Å². The molecule has 2 heterocycles. The van der Waals surface area contributed by atoms with Crippen molar-refractivity contribution in [3.63, 3.8) is 0 Å². The number of hydrogen-bond acceptors (Lipinski definition) is 4. The van der Waals surface area contributed by atoms with Crippen LogP contribution in [0, 0.1) is 11.7 Å². The highest BCUT2D eigenvalue weighted by molar-refractivity contribution is 7.71. The van der Waals surface area contributed by atoms with Crippen LogP contribution >= 0.6 is 12.2 Å². The summed E-state index contributed by atoms with van der Waals surface area (Å²) in [6, 6.07) is 17.1. The Labute approximate surface area is 171 Å². The monoisotopic (exact) mass is 394 g/mol. The van der Waals surface area contributed by atoms with Gasteiger partial charge < -0.3 is 4.74 Å². The van der Waals surface area contributed by atoms with Gasteiger partial charge in [-0.3, -0.25) is 9.47 Å². The largest absolute Gasteiger partial charge is 0.494 e. The molecule has 1 atom stereocenters. The SMILES string of the molecule is CCOc1ccc([C@@H]2CCCN2Cn2ncn(-c3ccccc3C)c2=S)cc1. The number of para-hydroxylation sites is 1. The van der Waals surface area contributed by atoms with Crippen LogP contribution in [0.2, 0.25) is 0 Å². The summed E-state index contributed by atoms with van der Waals surface area (Å²) in [7, 11) is 0. The van der Waals surface area contributed by atoms with Crippen LogP contribution in [0.1, 0.15) is 36.9 Å². The molecule has 1 aliphatic heterocycles. The summed E-state index contributed by atoms with van der Waals surface area (Å²) < 4.78 is 10.2. The van der Waals surface area contributed by atoms with Gasteiger partial charge in [-0.2, -0.15) is 5.10 Å². The lowest BCUT2D eigenvalue weighted by atomic mass is 10.0. The van der Waals surface area contributed by atoms with Crippen molar-refractivity contribution in [1.29, 1.82) is 0 Å². The van der Waals surface area contributed by atoms with E-state index in [2.05, 4.69) is 53.3 Å². The average Bonchev–Trinajstić information content (AvgIpc) is 3.31. The molecule has 0 aliphatic carbocycles. The maximum atomic E-state index is 5.72. The zero-order valence-corrected chi connectivity index (χ0v) is 17.2. The van der Waals surface area contributed by atoms with Crippen LogP contribution in [-0.2, 0) is 6.67 Å². The van der Waals surface area contributed by atoms with E-state index in [-0.39, 0.29) is 0 Å².